The van der Waals surface area contributed by atoms with Crippen molar-refractivity contribution in [1.82, 2.24) is 29.6 Å². The third-order valence-corrected chi connectivity index (χ3v) is 19.3. The van der Waals surface area contributed by atoms with Gasteiger partial charge in [0.15, 0.2) is 0 Å². The molecular weight excluding hydrogens is 1240 g/mol. The predicted octanol–water partition coefficient (Wildman–Crippen LogP) is 11.7. The summed E-state index contributed by atoms with van der Waals surface area (Å²) in [5.41, 5.74) is 24.9. The van der Waals surface area contributed by atoms with Crippen LogP contribution in [-0.4, -0.2) is 123 Å². The molecule has 8 N–H and O–H groups in total. The average Bonchev–Trinajstić information content (AvgIpc) is 1.74. The van der Waals surface area contributed by atoms with Gasteiger partial charge in [-0.1, -0.05) is 104 Å². The molecule has 7 amide bonds. The number of ether oxygens (including phenoxy) is 1. The van der Waals surface area contributed by atoms with Crippen molar-refractivity contribution in [2.24, 2.45) is 31.5 Å². The fourth-order valence-electron chi connectivity index (χ4n) is 13.3. The van der Waals surface area contributed by atoms with Crippen LogP contribution < -0.4 is 32.3 Å². The molecule has 21 heteroatoms. The second-order valence-corrected chi connectivity index (χ2v) is 27.0. The Morgan fingerprint density at radius 2 is 1.45 bits per heavy atom. The van der Waals surface area contributed by atoms with Crippen LogP contribution in [0.1, 0.15) is 117 Å². The standard InChI is InChI=1S/C76H85ClN12O8/c1-46(2)70(79)72(92)83-67(25-16-34-81-75(80)95)71(91)82-54-28-26-51(52(36-54)42-84(5)76(96)97-45-66-61-23-14-12-21-59(61)60-22-13-15-24-62(60)66)44-89(8,9)35-17-20-56-37-49-18-10-11-19-50(49)43-87(56)73(93)63-33-27-53(77)38-65(63)69-40-64(47(3)86(69)7)74(94)88(55-29-31-58(90)32-30-55)68-39-57(41-78)85(6)48(68)4/h10-15,18-19,21-24,26-33,36,38-40,46,56,66-67,70H,16-17,20,25,34-35,37,42-45,79H2,1-9H3,(H5-,80,81,82,83,90,91,92,95)/p+1/t56-,67+,70+/m1/s1. The lowest BCUT2D eigenvalue weighted by Gasteiger charge is -2.38. The van der Waals surface area contributed by atoms with Crippen molar-refractivity contribution in [3.8, 4) is 34.2 Å². The Kier molecular flexibility index (Phi) is 21.4. The number of aromatic hydroxyl groups is 1. The maximum absolute atomic E-state index is 15.6. The van der Waals surface area contributed by atoms with Crippen LogP contribution in [0, 0.1) is 31.1 Å². The Hall–Kier alpha value is -10.2. The summed E-state index contributed by atoms with van der Waals surface area (Å²) >= 11 is 6.83. The first kappa shape index (κ1) is 69.6. The first-order valence-electron chi connectivity index (χ1n) is 32.8. The Morgan fingerprint density at radius 1 is 0.784 bits per heavy atom. The van der Waals surface area contributed by atoms with E-state index in [0.717, 1.165) is 45.4 Å². The SMILES string of the molecule is Cc1c(N(C(=O)c2cc(-c3cc(Cl)ccc3C(=O)N3Cc4ccccc4C[C@H]3CCC[N+](C)(C)Cc3ccc(NC(=O)[C@H](CCCNC(N)=O)NC(=O)[C@@H](N)C(C)C)cc3CN(C)C(=O)OCC3c4ccccc4-c4ccccc43)n(C)c2C)c2ccc(O)cc2)cc(C#N)n1C. The summed E-state index contributed by atoms with van der Waals surface area (Å²) in [5, 5.41) is 29.0. The topological polar surface area (TPSA) is 263 Å². The van der Waals surface area contributed by atoms with E-state index in [4.69, 9.17) is 27.8 Å². The molecule has 3 heterocycles. The number of quaternary nitrogens is 1. The molecule has 8 aromatic rings. The largest absolute Gasteiger partial charge is 0.508 e. The summed E-state index contributed by atoms with van der Waals surface area (Å²) in [7, 11) is 9.59. The zero-order chi connectivity index (χ0) is 69.6. The molecule has 504 valence electrons. The first-order valence-corrected chi connectivity index (χ1v) is 33.1. The number of nitrogens with one attached hydrogen (secondary N) is 3. The highest BCUT2D eigenvalue weighted by molar-refractivity contribution is 6.31. The van der Waals surface area contributed by atoms with Crippen molar-refractivity contribution in [3.63, 3.8) is 0 Å². The Bertz CT molecular complexity index is 4290. The Balaban J connectivity index is 0.897. The third-order valence-electron chi connectivity index (χ3n) is 19.1. The molecule has 2 aliphatic rings. The fraction of sp³-hybridized carbons (Fsp3) is 0.329. The van der Waals surface area contributed by atoms with E-state index >= 15 is 9.59 Å². The van der Waals surface area contributed by atoms with Gasteiger partial charge < -0.3 is 60.7 Å². The summed E-state index contributed by atoms with van der Waals surface area (Å²) < 4.78 is 10.3. The number of carbonyl (C=O) groups is 6. The van der Waals surface area contributed by atoms with Crippen LogP contribution in [-0.2, 0) is 54.5 Å². The number of rotatable bonds is 24. The zero-order valence-electron chi connectivity index (χ0n) is 56.5. The van der Waals surface area contributed by atoms with Crippen LogP contribution >= 0.6 is 11.6 Å². The molecule has 0 saturated heterocycles. The number of primary amides is 1. The number of hydrogen-bond donors (Lipinski definition) is 6. The number of anilines is 3. The van der Waals surface area contributed by atoms with Crippen LogP contribution in [0.15, 0.2) is 146 Å². The fourth-order valence-corrected chi connectivity index (χ4v) is 13.5. The van der Waals surface area contributed by atoms with Crippen molar-refractivity contribution in [2.45, 2.75) is 103 Å². The van der Waals surface area contributed by atoms with Gasteiger partial charge in [-0.05, 0) is 158 Å². The number of fused-ring (bicyclic) bond motifs is 4. The van der Waals surface area contributed by atoms with Crippen LogP contribution in [0.3, 0.4) is 0 Å². The molecule has 0 bridgehead atoms. The minimum atomic E-state index is -1.01. The van der Waals surface area contributed by atoms with Crippen LogP contribution in [0.4, 0.5) is 26.7 Å². The predicted molar refractivity (Wildman–Crippen MR) is 377 cm³/mol. The summed E-state index contributed by atoms with van der Waals surface area (Å²) in [5.74, 6) is -1.86. The lowest BCUT2D eigenvalue weighted by molar-refractivity contribution is -0.903. The van der Waals surface area contributed by atoms with Crippen LogP contribution in [0.5, 0.6) is 5.75 Å². The third kappa shape index (κ3) is 15.6. The van der Waals surface area contributed by atoms with Crippen LogP contribution in [0.2, 0.25) is 5.02 Å². The summed E-state index contributed by atoms with van der Waals surface area (Å²) in [4.78, 5) is 89.0. The van der Waals surface area contributed by atoms with Crippen molar-refractivity contribution in [2.75, 3.05) is 51.1 Å². The van der Waals surface area contributed by atoms with E-state index in [1.54, 1.807) is 61.1 Å². The molecule has 0 fully saturated rings. The summed E-state index contributed by atoms with van der Waals surface area (Å²) in [6.07, 6.45) is 1.99. The van der Waals surface area contributed by atoms with Gasteiger partial charge in [-0.15, -0.1) is 0 Å². The minimum Gasteiger partial charge on any atom is -0.508 e. The second-order valence-electron chi connectivity index (χ2n) is 26.5. The monoisotopic (exact) mass is 1330 g/mol. The number of benzene rings is 6. The second kappa shape index (κ2) is 29.8. The normalized spacial score (nSPS) is 14.0. The van der Waals surface area contributed by atoms with Gasteiger partial charge in [0, 0.05) is 103 Å². The number of urea groups is 1. The number of nitrogens with zero attached hydrogens (tertiary/aromatic N) is 7. The van der Waals surface area contributed by atoms with Gasteiger partial charge in [-0.3, -0.25) is 24.1 Å². The molecule has 97 heavy (non-hydrogen) atoms. The number of carbonyl (C=O) groups excluding carboxylic acids is 6. The van der Waals surface area contributed by atoms with E-state index in [9.17, 15) is 29.5 Å². The molecule has 0 saturated carbocycles. The highest BCUT2D eigenvalue weighted by Gasteiger charge is 2.36. The van der Waals surface area contributed by atoms with E-state index < -0.39 is 36.0 Å². The van der Waals surface area contributed by atoms with E-state index in [-0.39, 0.29) is 61.6 Å². The van der Waals surface area contributed by atoms with E-state index in [0.29, 0.717) is 105 Å². The Morgan fingerprint density at radius 3 is 2.11 bits per heavy atom. The number of halogens is 1. The molecule has 0 radical (unpaired) electrons. The smallest absolute Gasteiger partial charge is 0.409 e. The summed E-state index contributed by atoms with van der Waals surface area (Å²) in [6.45, 7) is 9.34. The first-order chi connectivity index (χ1) is 46.3. The maximum Gasteiger partial charge on any atom is 0.409 e. The quantitative estimate of drug-likeness (QED) is 0.0246. The van der Waals surface area contributed by atoms with E-state index in [1.165, 1.54) is 27.5 Å². The number of aromatic nitrogens is 2. The number of amides is 7. The summed E-state index contributed by atoms with van der Waals surface area (Å²) in [6, 6.07) is 44.6. The molecule has 3 atom stereocenters. The molecule has 10 rings (SSSR count). The molecule has 1 aliphatic heterocycles. The van der Waals surface area contributed by atoms with Gasteiger partial charge in [0.25, 0.3) is 11.8 Å². The van der Waals surface area contributed by atoms with Gasteiger partial charge in [0.1, 0.15) is 36.7 Å². The molecule has 1 aliphatic carbocycles. The van der Waals surface area contributed by atoms with Gasteiger partial charge in [-0.2, -0.15) is 5.26 Å². The molecule has 0 spiro atoms. The highest BCUT2D eigenvalue weighted by atomic mass is 35.5. The van der Waals surface area contributed by atoms with Crippen molar-refractivity contribution in [1.29, 1.82) is 5.26 Å². The number of nitriles is 1. The molecule has 20 nitrogen and oxygen atoms in total. The lowest BCUT2D eigenvalue weighted by atomic mass is 9.90. The van der Waals surface area contributed by atoms with Gasteiger partial charge >= 0.3 is 12.1 Å². The molecule has 2 aromatic heterocycles. The van der Waals surface area contributed by atoms with Crippen molar-refractivity contribution >= 4 is 64.4 Å². The minimum absolute atomic E-state index is 0.0301. The van der Waals surface area contributed by atoms with E-state index in [1.807, 2.05) is 98.8 Å². The van der Waals surface area contributed by atoms with E-state index in [2.05, 4.69) is 72.5 Å². The average molecular weight is 1330 g/mol. The van der Waals surface area contributed by atoms with Crippen molar-refractivity contribution < 1.29 is 43.1 Å². The van der Waals surface area contributed by atoms with Gasteiger partial charge in [0.2, 0.25) is 11.8 Å². The lowest BCUT2D eigenvalue weighted by Crippen LogP contribution is -2.51. The van der Waals surface area contributed by atoms with Gasteiger partial charge in [0.05, 0.1) is 37.9 Å². The number of hydrogen-bond acceptors (Lipinski definition) is 10. The molecular formula is C76H86ClN12O8+. The zero-order valence-corrected chi connectivity index (χ0v) is 57.2. The number of phenols is 1. The number of phenolic OH excluding ortho intramolecular Hbond substituents is 1. The molecule has 0 unspecified atom stereocenters. The van der Waals surface area contributed by atoms with Crippen molar-refractivity contribution in [3.05, 3.63) is 212 Å². The highest BCUT2D eigenvalue weighted by Crippen LogP contribution is 2.45. The number of nitrogens with two attached hydrogens (primary N) is 2. The Labute approximate surface area is 571 Å². The molecule has 6 aromatic carbocycles. The maximum atomic E-state index is 15.6. The van der Waals surface area contributed by atoms with Crippen LogP contribution in [0.25, 0.3) is 22.4 Å². The van der Waals surface area contributed by atoms with Gasteiger partial charge in [-0.25, -0.2) is 9.59 Å².